The predicted molar refractivity (Wildman–Crippen MR) is 67.9 cm³/mol. The summed E-state index contributed by atoms with van der Waals surface area (Å²) in [4.78, 5) is 13.4. The molecular formula is C9H18N2O3S2. The summed E-state index contributed by atoms with van der Waals surface area (Å²) < 4.78 is 22.5. The summed E-state index contributed by atoms with van der Waals surface area (Å²) in [5.74, 6) is -0.467. The molecule has 0 aromatic rings. The maximum atomic E-state index is 11.9. The third-order valence-electron chi connectivity index (χ3n) is 2.22. The van der Waals surface area contributed by atoms with E-state index in [0.29, 0.717) is 0 Å². The van der Waals surface area contributed by atoms with E-state index >= 15 is 0 Å². The standard InChI is InChI=1S/C9H18N2O3S2/c1-6(2)11(5-8(10)15)9(12)7(3)16(4,13)14/h6-7H,5H2,1-4H3,(H2,10,15). The molecule has 0 heterocycles. The molecule has 16 heavy (non-hydrogen) atoms. The molecule has 1 amide bonds. The van der Waals surface area contributed by atoms with E-state index in [1.54, 1.807) is 13.8 Å². The van der Waals surface area contributed by atoms with Crippen LogP contribution in [-0.4, -0.2) is 48.3 Å². The molecule has 0 fully saturated rings. The fourth-order valence-electron chi connectivity index (χ4n) is 1.10. The Hall–Kier alpha value is -0.690. The average Bonchev–Trinajstić information content (AvgIpc) is 2.09. The van der Waals surface area contributed by atoms with E-state index < -0.39 is 21.0 Å². The van der Waals surface area contributed by atoms with Gasteiger partial charge >= 0.3 is 0 Å². The second-order valence-corrected chi connectivity index (χ2v) is 6.89. The first-order valence-electron chi connectivity index (χ1n) is 4.85. The molecule has 1 atom stereocenters. The van der Waals surface area contributed by atoms with Crippen molar-refractivity contribution in [2.45, 2.75) is 32.1 Å². The Morgan fingerprint density at radius 1 is 1.38 bits per heavy atom. The van der Waals surface area contributed by atoms with Crippen LogP contribution >= 0.6 is 12.2 Å². The van der Waals surface area contributed by atoms with Crippen LogP contribution in [0, 0.1) is 0 Å². The van der Waals surface area contributed by atoms with Crippen LogP contribution < -0.4 is 5.73 Å². The molecule has 1 unspecified atom stereocenters. The van der Waals surface area contributed by atoms with Crippen molar-refractivity contribution in [3.8, 4) is 0 Å². The molecule has 0 aromatic carbocycles. The van der Waals surface area contributed by atoms with Gasteiger partial charge in [0.15, 0.2) is 9.84 Å². The number of nitrogens with two attached hydrogens (primary N) is 1. The van der Waals surface area contributed by atoms with Crippen molar-refractivity contribution in [1.82, 2.24) is 4.90 Å². The molecule has 2 N–H and O–H groups in total. The number of hydrogen-bond donors (Lipinski definition) is 1. The van der Waals surface area contributed by atoms with Gasteiger partial charge in [0.05, 0.1) is 11.5 Å². The Morgan fingerprint density at radius 3 is 2.06 bits per heavy atom. The molecule has 0 aromatic heterocycles. The zero-order chi connectivity index (χ0) is 13.1. The van der Waals surface area contributed by atoms with Crippen molar-refractivity contribution in [3.05, 3.63) is 0 Å². The van der Waals surface area contributed by atoms with Crippen molar-refractivity contribution >= 4 is 33.0 Å². The van der Waals surface area contributed by atoms with Crippen molar-refractivity contribution in [2.24, 2.45) is 5.73 Å². The van der Waals surface area contributed by atoms with Gasteiger partial charge in [-0.25, -0.2) is 8.42 Å². The van der Waals surface area contributed by atoms with Gasteiger partial charge in [-0.3, -0.25) is 4.79 Å². The summed E-state index contributed by atoms with van der Waals surface area (Å²) >= 11 is 4.72. The largest absolute Gasteiger partial charge is 0.392 e. The summed E-state index contributed by atoms with van der Waals surface area (Å²) in [6.45, 7) is 5.04. The van der Waals surface area contributed by atoms with E-state index in [4.69, 9.17) is 18.0 Å². The van der Waals surface area contributed by atoms with Crippen LogP contribution in [0.5, 0.6) is 0 Å². The SMILES string of the molecule is CC(C)N(CC(N)=S)C(=O)C(C)S(C)(=O)=O. The molecule has 7 heteroatoms. The number of hydrogen-bond acceptors (Lipinski definition) is 4. The molecule has 0 saturated heterocycles. The Morgan fingerprint density at radius 2 is 1.81 bits per heavy atom. The number of nitrogens with zero attached hydrogens (tertiary/aromatic N) is 1. The minimum absolute atomic E-state index is 0.103. The number of rotatable bonds is 5. The molecule has 0 saturated carbocycles. The fraction of sp³-hybridized carbons (Fsp3) is 0.778. The van der Waals surface area contributed by atoms with Gasteiger partial charge in [-0.05, 0) is 20.8 Å². The van der Waals surface area contributed by atoms with Gasteiger partial charge in [-0.1, -0.05) is 12.2 Å². The van der Waals surface area contributed by atoms with Gasteiger partial charge in [0.2, 0.25) is 5.91 Å². The summed E-state index contributed by atoms with van der Waals surface area (Å²) in [6.07, 6.45) is 1.04. The van der Waals surface area contributed by atoms with Crippen molar-refractivity contribution < 1.29 is 13.2 Å². The summed E-state index contributed by atoms with van der Waals surface area (Å²) in [6, 6.07) is -0.141. The van der Waals surface area contributed by atoms with E-state index in [-0.39, 0.29) is 17.6 Å². The molecule has 0 bridgehead atoms. The summed E-state index contributed by atoms with van der Waals surface area (Å²) in [5, 5.41) is -1.07. The quantitative estimate of drug-likeness (QED) is 0.705. The number of amides is 1. The Balaban J connectivity index is 4.96. The maximum Gasteiger partial charge on any atom is 0.241 e. The van der Waals surface area contributed by atoms with Crippen LogP contribution in [0.2, 0.25) is 0 Å². The topological polar surface area (TPSA) is 80.5 Å². The second kappa shape index (κ2) is 5.58. The van der Waals surface area contributed by atoms with Crippen molar-refractivity contribution in [3.63, 3.8) is 0 Å². The highest BCUT2D eigenvalue weighted by Gasteiger charge is 2.29. The highest BCUT2D eigenvalue weighted by atomic mass is 32.2. The molecular weight excluding hydrogens is 248 g/mol. The lowest BCUT2D eigenvalue weighted by atomic mass is 10.2. The number of carbonyl (C=O) groups is 1. The molecule has 0 aliphatic rings. The van der Waals surface area contributed by atoms with Gasteiger partial charge in [-0.15, -0.1) is 0 Å². The molecule has 0 spiro atoms. The first-order valence-corrected chi connectivity index (χ1v) is 7.21. The predicted octanol–water partition coefficient (Wildman–Crippen LogP) is -0.0574. The zero-order valence-corrected chi connectivity index (χ0v) is 11.6. The fourth-order valence-corrected chi connectivity index (χ4v) is 1.74. The van der Waals surface area contributed by atoms with Crippen LogP contribution in [0.3, 0.4) is 0 Å². The minimum Gasteiger partial charge on any atom is -0.392 e. The first kappa shape index (κ1) is 15.3. The molecule has 94 valence electrons. The van der Waals surface area contributed by atoms with Crippen LogP contribution in [-0.2, 0) is 14.6 Å². The zero-order valence-electron chi connectivity index (χ0n) is 9.93. The second-order valence-electron chi connectivity index (χ2n) is 4.00. The highest BCUT2D eigenvalue weighted by molar-refractivity contribution is 7.92. The van der Waals surface area contributed by atoms with E-state index in [2.05, 4.69) is 0 Å². The lowest BCUT2D eigenvalue weighted by Crippen LogP contribution is -2.48. The molecule has 0 aliphatic heterocycles. The smallest absolute Gasteiger partial charge is 0.241 e. The maximum absolute atomic E-state index is 11.9. The van der Waals surface area contributed by atoms with Crippen LogP contribution in [0.1, 0.15) is 20.8 Å². The number of carbonyl (C=O) groups excluding carboxylic acids is 1. The summed E-state index contributed by atoms with van der Waals surface area (Å²) in [5.41, 5.74) is 5.37. The van der Waals surface area contributed by atoms with Gasteiger partial charge in [0, 0.05) is 12.3 Å². The van der Waals surface area contributed by atoms with Gasteiger partial charge in [-0.2, -0.15) is 0 Å². The van der Waals surface area contributed by atoms with E-state index in [1.807, 2.05) is 0 Å². The first-order chi connectivity index (χ1) is 7.07. The third-order valence-corrected chi connectivity index (χ3v) is 3.84. The van der Waals surface area contributed by atoms with Gasteiger partial charge in [0.25, 0.3) is 0 Å². The molecule has 0 radical (unpaired) electrons. The molecule has 0 aliphatic carbocycles. The van der Waals surface area contributed by atoms with Crippen LogP contribution in [0.4, 0.5) is 0 Å². The molecule has 5 nitrogen and oxygen atoms in total. The van der Waals surface area contributed by atoms with Crippen LogP contribution in [0.15, 0.2) is 0 Å². The monoisotopic (exact) mass is 266 g/mol. The van der Waals surface area contributed by atoms with Crippen molar-refractivity contribution in [2.75, 3.05) is 12.8 Å². The van der Waals surface area contributed by atoms with Gasteiger partial charge in [0.1, 0.15) is 5.25 Å². The highest BCUT2D eigenvalue weighted by Crippen LogP contribution is 2.07. The average molecular weight is 266 g/mol. The van der Waals surface area contributed by atoms with E-state index in [0.717, 1.165) is 6.26 Å². The minimum atomic E-state index is -3.39. The molecule has 0 rings (SSSR count). The Labute approximate surface area is 102 Å². The summed E-state index contributed by atoms with van der Waals surface area (Å²) in [7, 11) is -3.39. The Bertz CT molecular complexity index is 376. The van der Waals surface area contributed by atoms with Gasteiger partial charge < -0.3 is 10.6 Å². The lowest BCUT2D eigenvalue weighted by Gasteiger charge is -2.28. The number of sulfone groups is 1. The number of thiocarbonyl (C=S) groups is 1. The van der Waals surface area contributed by atoms with Crippen molar-refractivity contribution in [1.29, 1.82) is 0 Å². The van der Waals surface area contributed by atoms with E-state index in [9.17, 15) is 13.2 Å². The Kier molecular flexibility index (Phi) is 5.34. The van der Waals surface area contributed by atoms with Crippen LogP contribution in [0.25, 0.3) is 0 Å². The lowest BCUT2D eigenvalue weighted by molar-refractivity contribution is -0.131. The van der Waals surface area contributed by atoms with E-state index in [1.165, 1.54) is 11.8 Å². The normalized spacial score (nSPS) is 13.6. The third kappa shape index (κ3) is 4.44.